The molecule has 96 valence electrons. The van der Waals surface area contributed by atoms with Crippen LogP contribution in [0.3, 0.4) is 0 Å². The lowest BCUT2D eigenvalue weighted by molar-refractivity contribution is -0.134. The fourth-order valence-electron chi connectivity index (χ4n) is 2.20. The molecule has 0 aromatic heterocycles. The van der Waals surface area contributed by atoms with Crippen molar-refractivity contribution in [2.75, 3.05) is 11.9 Å². The molecule has 1 aromatic carbocycles. The minimum Gasteiger partial charge on any atom is -0.363 e. The largest absolute Gasteiger partial charge is 0.363 e. The lowest BCUT2D eigenvalue weighted by atomic mass is 10.0. The van der Waals surface area contributed by atoms with Crippen LogP contribution in [-0.2, 0) is 16.0 Å². The van der Waals surface area contributed by atoms with Crippen molar-refractivity contribution in [2.45, 2.75) is 32.2 Å². The highest BCUT2D eigenvalue weighted by atomic mass is 16.2. The van der Waals surface area contributed by atoms with Crippen LogP contribution in [0.2, 0.25) is 0 Å². The maximum Gasteiger partial charge on any atom is 0.249 e. The molecule has 4 nitrogen and oxygen atoms in total. The molecule has 1 atom stereocenters. The standard InChI is InChI=1S/C14H18N2O2/c1-3-10-4-6-11(7-5-10)16(2)12-8-9-13(17)15-14(12)18/h4-7,12H,3,8-9H2,1-2H3,(H,15,17,18). The normalized spacial score (nSPS) is 19.6. The Morgan fingerprint density at radius 1 is 1.28 bits per heavy atom. The predicted molar refractivity (Wildman–Crippen MR) is 70.4 cm³/mol. The zero-order valence-corrected chi connectivity index (χ0v) is 10.8. The van der Waals surface area contributed by atoms with Gasteiger partial charge in [0, 0.05) is 19.2 Å². The molecule has 0 bridgehead atoms. The molecule has 1 aliphatic heterocycles. The number of aryl methyl sites for hydroxylation is 1. The molecule has 18 heavy (non-hydrogen) atoms. The van der Waals surface area contributed by atoms with Gasteiger partial charge in [0.15, 0.2) is 0 Å². The van der Waals surface area contributed by atoms with E-state index in [1.165, 1.54) is 5.56 Å². The van der Waals surface area contributed by atoms with Crippen LogP contribution in [0.5, 0.6) is 0 Å². The van der Waals surface area contributed by atoms with Crippen LogP contribution in [0.15, 0.2) is 24.3 Å². The molecule has 2 rings (SSSR count). The number of imide groups is 1. The van der Waals surface area contributed by atoms with E-state index in [1.807, 2.05) is 24.1 Å². The topological polar surface area (TPSA) is 49.4 Å². The van der Waals surface area contributed by atoms with Crippen LogP contribution in [0.25, 0.3) is 0 Å². The van der Waals surface area contributed by atoms with Crippen LogP contribution in [-0.4, -0.2) is 24.9 Å². The van der Waals surface area contributed by atoms with Crippen LogP contribution in [0.1, 0.15) is 25.3 Å². The fraction of sp³-hybridized carbons (Fsp3) is 0.429. The second kappa shape index (κ2) is 5.21. The van der Waals surface area contributed by atoms with Crippen LogP contribution < -0.4 is 10.2 Å². The number of amides is 2. The fourth-order valence-corrected chi connectivity index (χ4v) is 2.20. The van der Waals surface area contributed by atoms with E-state index in [4.69, 9.17) is 0 Å². The Kier molecular flexibility index (Phi) is 3.65. The number of carbonyl (C=O) groups is 2. The molecule has 1 saturated heterocycles. The lowest BCUT2D eigenvalue weighted by Crippen LogP contribution is -2.51. The zero-order valence-electron chi connectivity index (χ0n) is 10.8. The summed E-state index contributed by atoms with van der Waals surface area (Å²) in [5.74, 6) is -0.376. The molecule has 4 heteroatoms. The van der Waals surface area contributed by atoms with E-state index in [9.17, 15) is 9.59 Å². The molecular formula is C14H18N2O2. The summed E-state index contributed by atoms with van der Waals surface area (Å²) in [5.41, 5.74) is 2.28. The van der Waals surface area contributed by atoms with E-state index < -0.39 is 0 Å². The van der Waals surface area contributed by atoms with E-state index in [-0.39, 0.29) is 17.9 Å². The summed E-state index contributed by atoms with van der Waals surface area (Å²) in [6, 6.07) is 7.91. The first kappa shape index (κ1) is 12.6. The molecule has 1 fully saturated rings. The first-order valence-electron chi connectivity index (χ1n) is 6.27. The third-order valence-electron chi connectivity index (χ3n) is 3.43. The molecule has 1 unspecified atom stereocenters. The van der Waals surface area contributed by atoms with E-state index in [0.717, 1.165) is 12.1 Å². The van der Waals surface area contributed by atoms with Crippen LogP contribution in [0.4, 0.5) is 5.69 Å². The van der Waals surface area contributed by atoms with Crippen LogP contribution >= 0.6 is 0 Å². The maximum atomic E-state index is 11.8. The molecule has 1 aliphatic rings. The third kappa shape index (κ3) is 2.53. The van der Waals surface area contributed by atoms with E-state index >= 15 is 0 Å². The average molecular weight is 246 g/mol. The highest BCUT2D eigenvalue weighted by Gasteiger charge is 2.29. The van der Waals surface area contributed by atoms with Crippen molar-refractivity contribution in [1.82, 2.24) is 5.32 Å². The summed E-state index contributed by atoms with van der Waals surface area (Å²) in [5, 5.41) is 2.38. The van der Waals surface area contributed by atoms with Gasteiger partial charge in [-0.05, 0) is 30.5 Å². The van der Waals surface area contributed by atoms with Gasteiger partial charge in [-0.1, -0.05) is 19.1 Å². The second-order valence-corrected chi connectivity index (χ2v) is 4.60. The third-order valence-corrected chi connectivity index (χ3v) is 3.43. The number of piperidine rings is 1. The summed E-state index contributed by atoms with van der Waals surface area (Å²) < 4.78 is 0. The van der Waals surface area contributed by atoms with Crippen molar-refractivity contribution in [3.63, 3.8) is 0 Å². The van der Waals surface area contributed by atoms with Gasteiger partial charge < -0.3 is 4.90 Å². The minimum atomic E-state index is -0.254. The van der Waals surface area contributed by atoms with E-state index in [1.54, 1.807) is 0 Å². The first-order chi connectivity index (χ1) is 8.61. The highest BCUT2D eigenvalue weighted by Crippen LogP contribution is 2.20. The molecule has 0 saturated carbocycles. The van der Waals surface area contributed by atoms with Gasteiger partial charge in [-0.25, -0.2) is 0 Å². The molecule has 0 radical (unpaired) electrons. The molecular weight excluding hydrogens is 228 g/mol. The SMILES string of the molecule is CCc1ccc(N(C)C2CCC(=O)NC2=O)cc1. The van der Waals surface area contributed by atoms with Crippen molar-refractivity contribution >= 4 is 17.5 Å². The Morgan fingerprint density at radius 2 is 1.94 bits per heavy atom. The van der Waals surface area contributed by atoms with E-state index in [2.05, 4.69) is 24.4 Å². The summed E-state index contributed by atoms with van der Waals surface area (Å²) in [7, 11) is 1.89. The number of rotatable bonds is 3. The number of anilines is 1. The Hall–Kier alpha value is -1.84. The van der Waals surface area contributed by atoms with Gasteiger partial charge >= 0.3 is 0 Å². The Morgan fingerprint density at radius 3 is 2.50 bits per heavy atom. The van der Waals surface area contributed by atoms with Gasteiger partial charge in [0.05, 0.1) is 0 Å². The molecule has 2 amide bonds. The molecule has 1 N–H and O–H groups in total. The first-order valence-corrected chi connectivity index (χ1v) is 6.27. The van der Waals surface area contributed by atoms with Gasteiger partial charge in [0.1, 0.15) is 6.04 Å². The van der Waals surface area contributed by atoms with Gasteiger partial charge in [-0.2, -0.15) is 0 Å². The highest BCUT2D eigenvalue weighted by molar-refractivity contribution is 6.01. The maximum absolute atomic E-state index is 11.8. The Balaban J connectivity index is 2.12. The number of nitrogens with one attached hydrogen (secondary N) is 1. The van der Waals surface area contributed by atoms with Gasteiger partial charge in [-0.3, -0.25) is 14.9 Å². The summed E-state index contributed by atoms with van der Waals surface area (Å²) in [6.45, 7) is 2.11. The summed E-state index contributed by atoms with van der Waals surface area (Å²) in [6.07, 6.45) is 1.99. The molecule has 0 aliphatic carbocycles. The predicted octanol–water partition coefficient (Wildman–Crippen LogP) is 1.49. The van der Waals surface area contributed by atoms with Crippen molar-refractivity contribution < 1.29 is 9.59 Å². The minimum absolute atomic E-state index is 0.175. The molecule has 0 spiro atoms. The van der Waals surface area contributed by atoms with Gasteiger partial charge in [0.25, 0.3) is 0 Å². The smallest absolute Gasteiger partial charge is 0.249 e. The van der Waals surface area contributed by atoms with Crippen LogP contribution in [0, 0.1) is 0 Å². The van der Waals surface area contributed by atoms with Gasteiger partial charge in [-0.15, -0.1) is 0 Å². The lowest BCUT2D eigenvalue weighted by Gasteiger charge is -2.31. The van der Waals surface area contributed by atoms with Crippen molar-refractivity contribution in [3.8, 4) is 0 Å². The number of hydrogen-bond acceptors (Lipinski definition) is 3. The number of benzene rings is 1. The summed E-state index contributed by atoms with van der Waals surface area (Å²) in [4.78, 5) is 24.8. The van der Waals surface area contributed by atoms with Crippen molar-refractivity contribution in [1.29, 1.82) is 0 Å². The second-order valence-electron chi connectivity index (χ2n) is 4.60. The number of likely N-dealkylation sites (N-methyl/N-ethyl adjacent to an activating group) is 1. The number of nitrogens with zero attached hydrogens (tertiary/aromatic N) is 1. The summed E-state index contributed by atoms with van der Waals surface area (Å²) >= 11 is 0. The number of hydrogen-bond donors (Lipinski definition) is 1. The quantitative estimate of drug-likeness (QED) is 0.822. The van der Waals surface area contributed by atoms with Gasteiger partial charge in [0.2, 0.25) is 11.8 Å². The number of carbonyl (C=O) groups excluding carboxylic acids is 2. The zero-order chi connectivity index (χ0) is 13.1. The Labute approximate surface area is 107 Å². The van der Waals surface area contributed by atoms with E-state index in [0.29, 0.717) is 12.8 Å². The van der Waals surface area contributed by atoms with Crippen molar-refractivity contribution in [2.24, 2.45) is 0 Å². The average Bonchev–Trinajstić information content (AvgIpc) is 2.38. The van der Waals surface area contributed by atoms with Crippen molar-refractivity contribution in [3.05, 3.63) is 29.8 Å². The molecule has 1 heterocycles. The Bertz CT molecular complexity index is 453. The monoisotopic (exact) mass is 246 g/mol. The molecule has 1 aromatic rings.